The fraction of sp³-hybridized carbons (Fsp3) is 0.429. The van der Waals surface area contributed by atoms with Gasteiger partial charge in [0.2, 0.25) is 0 Å². The number of aliphatic hydroxyl groups excluding tert-OH is 1. The van der Waals surface area contributed by atoms with Gasteiger partial charge in [0.15, 0.2) is 0 Å². The molecule has 2 N–H and O–H groups in total. The van der Waals surface area contributed by atoms with E-state index in [1.807, 2.05) is 19.1 Å². The van der Waals surface area contributed by atoms with Crippen molar-refractivity contribution in [2.45, 2.75) is 65.1 Å². The molecule has 1 aliphatic carbocycles. The Labute approximate surface area is 220 Å². The molecule has 2 aromatic heterocycles. The Hall–Kier alpha value is -2.84. The van der Waals surface area contributed by atoms with E-state index >= 15 is 0 Å². The van der Waals surface area contributed by atoms with Crippen molar-refractivity contribution in [1.82, 2.24) is 9.97 Å². The number of H-pyrrole nitrogens is 1. The lowest BCUT2D eigenvalue weighted by atomic mass is 9.89. The van der Waals surface area contributed by atoms with Gasteiger partial charge in [0, 0.05) is 48.1 Å². The molecule has 1 aliphatic rings. The Morgan fingerprint density at radius 1 is 1.27 bits per heavy atom. The Morgan fingerprint density at radius 2 is 1.97 bits per heavy atom. The second-order valence-corrected chi connectivity index (χ2v) is 9.66. The smallest absolute Gasteiger partial charge is 0.387 e. The van der Waals surface area contributed by atoms with E-state index in [4.69, 9.17) is 16.7 Å². The number of aromatic nitrogens is 2. The number of hydrogen-bond donors (Lipinski definition) is 2. The van der Waals surface area contributed by atoms with E-state index < -0.39 is 18.3 Å². The van der Waals surface area contributed by atoms with Gasteiger partial charge in [-0.2, -0.15) is 8.78 Å². The van der Waals surface area contributed by atoms with Crippen molar-refractivity contribution in [3.8, 4) is 5.75 Å². The fourth-order valence-electron chi connectivity index (χ4n) is 4.54. The van der Waals surface area contributed by atoms with E-state index in [9.17, 15) is 13.2 Å². The number of hydrogen-bond acceptors (Lipinski definition) is 4. The fourth-order valence-corrected chi connectivity index (χ4v) is 4.86. The van der Waals surface area contributed by atoms with Crippen LogP contribution >= 0.6 is 11.6 Å². The molecular formula is C28H33ClF3N3O2. The summed E-state index contributed by atoms with van der Waals surface area (Å²) in [5.41, 5.74) is 3.22. The summed E-state index contributed by atoms with van der Waals surface area (Å²) in [6, 6.07) is 4.09. The van der Waals surface area contributed by atoms with Crippen molar-refractivity contribution in [3.05, 3.63) is 64.2 Å². The minimum Gasteiger partial charge on any atom is -0.434 e. The van der Waals surface area contributed by atoms with E-state index in [1.54, 1.807) is 32.6 Å². The van der Waals surface area contributed by atoms with Crippen molar-refractivity contribution in [3.63, 3.8) is 0 Å². The second-order valence-electron chi connectivity index (χ2n) is 9.28. The van der Waals surface area contributed by atoms with Crippen molar-refractivity contribution >= 4 is 34.4 Å². The van der Waals surface area contributed by atoms with Crippen LogP contribution in [-0.4, -0.2) is 41.1 Å². The predicted octanol–water partition coefficient (Wildman–Crippen LogP) is 7.77. The van der Waals surface area contributed by atoms with Gasteiger partial charge in [-0.05, 0) is 67.9 Å². The van der Waals surface area contributed by atoms with Crippen LogP contribution in [0.15, 0.2) is 41.7 Å². The highest BCUT2D eigenvalue weighted by molar-refractivity contribution is 6.31. The van der Waals surface area contributed by atoms with Crippen LogP contribution in [0.1, 0.15) is 69.1 Å². The minimum atomic E-state index is -3.05. The number of nitrogens with zero attached hydrogens (tertiary/aromatic N) is 2. The SMILES string of the molecule is C/C=C(\C=NC)c1cnc2[nH]cc(C(C)c3c(OC(F)F)ccc(F)c3Cl)c2c1.CC1CCC(O)CC1. The summed E-state index contributed by atoms with van der Waals surface area (Å²) in [6.45, 7) is 2.84. The van der Waals surface area contributed by atoms with Crippen molar-refractivity contribution in [2.75, 3.05) is 7.05 Å². The molecule has 0 amide bonds. The third-order valence-corrected chi connectivity index (χ3v) is 7.05. The number of aliphatic hydroxyl groups is 1. The number of ether oxygens (including phenoxy) is 1. The van der Waals surface area contributed by atoms with Crippen LogP contribution in [0.5, 0.6) is 5.75 Å². The standard InChI is InChI=1S/C21H19ClF3N3O.C7H14O/c1-4-12(8-26-3)13-7-14-15(10-28-20(14)27-9-13)11(2)18-17(29-21(24)25)6-5-16(23)19(18)22;1-6-2-4-7(8)5-3-6/h4-11,21H,1-3H3,(H,27,28);6-8H,2-5H2,1H3/b12-4+,26-8?;. The van der Waals surface area contributed by atoms with Crippen molar-refractivity contribution in [2.24, 2.45) is 10.9 Å². The number of alkyl halides is 2. The Bertz CT molecular complexity index is 1240. The molecule has 0 aliphatic heterocycles. The van der Waals surface area contributed by atoms with Crippen LogP contribution in [0.2, 0.25) is 5.02 Å². The van der Waals surface area contributed by atoms with Crippen LogP contribution in [-0.2, 0) is 0 Å². The first-order valence-corrected chi connectivity index (χ1v) is 12.7. The zero-order chi connectivity index (χ0) is 27.1. The number of aromatic amines is 1. The first-order valence-electron chi connectivity index (χ1n) is 12.3. The third kappa shape index (κ3) is 7.14. The highest BCUT2D eigenvalue weighted by Crippen LogP contribution is 2.41. The molecule has 2 heterocycles. The lowest BCUT2D eigenvalue weighted by Crippen LogP contribution is -2.15. The van der Waals surface area contributed by atoms with Crippen LogP contribution in [0.3, 0.4) is 0 Å². The number of halogens is 4. The molecule has 3 aromatic rings. The van der Waals surface area contributed by atoms with Gasteiger partial charge in [-0.15, -0.1) is 0 Å². The van der Waals surface area contributed by atoms with Gasteiger partial charge in [0.25, 0.3) is 0 Å². The monoisotopic (exact) mass is 535 g/mol. The quantitative estimate of drug-likeness (QED) is 0.317. The normalized spacial score (nSPS) is 19.2. The number of fused-ring (bicyclic) bond motifs is 1. The van der Waals surface area contributed by atoms with Gasteiger partial charge in [0.05, 0.1) is 11.1 Å². The molecule has 1 unspecified atom stereocenters. The zero-order valence-electron chi connectivity index (χ0n) is 21.4. The molecule has 1 fully saturated rings. The van der Waals surface area contributed by atoms with Gasteiger partial charge < -0.3 is 14.8 Å². The molecular weight excluding hydrogens is 503 g/mol. The first kappa shape index (κ1) is 28.7. The number of nitrogens with one attached hydrogen (secondary N) is 1. The van der Waals surface area contributed by atoms with Gasteiger partial charge in [0.1, 0.15) is 17.2 Å². The number of allylic oxidation sites excluding steroid dienone is 2. The number of pyridine rings is 1. The van der Waals surface area contributed by atoms with E-state index in [-0.39, 0.29) is 22.4 Å². The summed E-state index contributed by atoms with van der Waals surface area (Å²) in [4.78, 5) is 11.5. The van der Waals surface area contributed by atoms with Gasteiger partial charge in [-0.1, -0.05) is 31.5 Å². The highest BCUT2D eigenvalue weighted by atomic mass is 35.5. The van der Waals surface area contributed by atoms with Crippen molar-refractivity contribution in [1.29, 1.82) is 0 Å². The lowest BCUT2D eigenvalue weighted by molar-refractivity contribution is -0.0505. The summed E-state index contributed by atoms with van der Waals surface area (Å²) in [6.07, 6.45) is 11.6. The largest absolute Gasteiger partial charge is 0.434 e. The summed E-state index contributed by atoms with van der Waals surface area (Å²) in [5.74, 6) is -0.543. The molecule has 0 radical (unpaired) electrons. The molecule has 1 atom stereocenters. The molecule has 1 saturated carbocycles. The lowest BCUT2D eigenvalue weighted by Gasteiger charge is -2.21. The average Bonchev–Trinajstić information content (AvgIpc) is 3.30. The van der Waals surface area contributed by atoms with E-state index in [2.05, 4.69) is 26.6 Å². The topological polar surface area (TPSA) is 70.5 Å². The van der Waals surface area contributed by atoms with Gasteiger partial charge in [-0.3, -0.25) is 4.99 Å². The molecule has 1 aromatic carbocycles. The third-order valence-electron chi connectivity index (χ3n) is 6.67. The Kier molecular flexibility index (Phi) is 10.2. The van der Waals surface area contributed by atoms with E-state index in [0.717, 1.165) is 53.0 Å². The second kappa shape index (κ2) is 13.1. The maximum Gasteiger partial charge on any atom is 0.387 e. The maximum absolute atomic E-state index is 14.1. The molecule has 5 nitrogen and oxygen atoms in total. The summed E-state index contributed by atoms with van der Waals surface area (Å²) in [5, 5.41) is 9.54. The van der Waals surface area contributed by atoms with Gasteiger partial charge in [-0.25, -0.2) is 9.37 Å². The Balaban J connectivity index is 0.000000405. The zero-order valence-corrected chi connectivity index (χ0v) is 22.2. The summed E-state index contributed by atoms with van der Waals surface area (Å²) >= 11 is 6.14. The maximum atomic E-state index is 14.1. The molecule has 0 bridgehead atoms. The molecule has 0 spiro atoms. The Morgan fingerprint density at radius 3 is 2.57 bits per heavy atom. The first-order chi connectivity index (χ1) is 17.7. The molecule has 0 saturated heterocycles. The molecule has 4 rings (SSSR count). The molecule has 9 heteroatoms. The molecule has 37 heavy (non-hydrogen) atoms. The highest BCUT2D eigenvalue weighted by Gasteiger charge is 2.24. The number of benzene rings is 1. The number of aliphatic imine (C=N–C) groups is 1. The van der Waals surface area contributed by atoms with Crippen LogP contribution < -0.4 is 4.74 Å². The van der Waals surface area contributed by atoms with Crippen LogP contribution in [0.25, 0.3) is 16.6 Å². The van der Waals surface area contributed by atoms with Crippen LogP contribution in [0, 0.1) is 11.7 Å². The average molecular weight is 536 g/mol. The van der Waals surface area contributed by atoms with E-state index in [1.165, 1.54) is 12.8 Å². The minimum absolute atomic E-state index is 0.0196. The van der Waals surface area contributed by atoms with E-state index in [0.29, 0.717) is 5.65 Å². The predicted molar refractivity (Wildman–Crippen MR) is 143 cm³/mol. The van der Waals surface area contributed by atoms with Gasteiger partial charge >= 0.3 is 6.61 Å². The van der Waals surface area contributed by atoms with Crippen molar-refractivity contribution < 1.29 is 23.0 Å². The molecule has 200 valence electrons. The summed E-state index contributed by atoms with van der Waals surface area (Å²) in [7, 11) is 1.68. The number of rotatable bonds is 6. The van der Waals surface area contributed by atoms with Crippen LogP contribution in [0.4, 0.5) is 13.2 Å². The summed E-state index contributed by atoms with van der Waals surface area (Å²) < 4.78 is 44.4.